The lowest BCUT2D eigenvalue weighted by molar-refractivity contribution is 0.0809. The van der Waals surface area contributed by atoms with E-state index < -0.39 is 0 Å². The maximum Gasteiger partial charge on any atom is 0.0591 e. The van der Waals surface area contributed by atoms with E-state index in [9.17, 15) is 0 Å². The summed E-state index contributed by atoms with van der Waals surface area (Å²) in [6, 6.07) is 0. The second-order valence-electron chi connectivity index (χ2n) is 5.21. The zero-order chi connectivity index (χ0) is 12.3. The maximum atomic E-state index is 5.75. The van der Waals surface area contributed by atoms with Gasteiger partial charge in [0, 0.05) is 6.54 Å². The highest BCUT2D eigenvalue weighted by Crippen LogP contribution is 2.24. The quantitative estimate of drug-likeness (QED) is 0.492. The number of nitrogens with one attached hydrogen (secondary N) is 1. The van der Waals surface area contributed by atoms with Crippen LogP contribution in [0.1, 0.15) is 46.0 Å². The average molecular weight is 239 g/mol. The third-order valence-electron chi connectivity index (χ3n) is 3.63. The summed E-state index contributed by atoms with van der Waals surface area (Å²) in [5.74, 6) is 1.53. The van der Waals surface area contributed by atoms with Crippen molar-refractivity contribution in [3.63, 3.8) is 0 Å². The highest BCUT2D eigenvalue weighted by atomic mass is 16.5. The van der Waals surface area contributed by atoms with Crippen LogP contribution < -0.4 is 5.32 Å². The molecule has 1 aliphatic carbocycles. The molecule has 2 nitrogen and oxygen atoms in total. The van der Waals surface area contributed by atoms with Gasteiger partial charge in [0.25, 0.3) is 0 Å². The minimum atomic E-state index is 0.736. The lowest BCUT2D eigenvalue weighted by Gasteiger charge is -2.24. The predicted octanol–water partition coefficient (Wildman–Crippen LogP) is 3.39. The first-order valence-corrected chi connectivity index (χ1v) is 7.28. The van der Waals surface area contributed by atoms with E-state index in [2.05, 4.69) is 31.3 Å². The molecule has 0 heterocycles. The first kappa shape index (κ1) is 14.7. The van der Waals surface area contributed by atoms with Crippen molar-refractivity contribution in [3.05, 3.63) is 12.2 Å². The molecule has 0 aromatic heterocycles. The Hall–Kier alpha value is -0.340. The number of ether oxygens (including phenoxy) is 1. The van der Waals surface area contributed by atoms with Gasteiger partial charge in [0.2, 0.25) is 0 Å². The molecule has 1 N–H and O–H groups in total. The van der Waals surface area contributed by atoms with Gasteiger partial charge in [-0.1, -0.05) is 38.8 Å². The van der Waals surface area contributed by atoms with Gasteiger partial charge in [0.1, 0.15) is 0 Å². The molecule has 0 bridgehead atoms. The molecule has 0 saturated heterocycles. The molecule has 17 heavy (non-hydrogen) atoms. The molecule has 0 aromatic carbocycles. The van der Waals surface area contributed by atoms with Crippen molar-refractivity contribution in [1.29, 1.82) is 0 Å². The van der Waals surface area contributed by atoms with Crippen molar-refractivity contribution >= 4 is 0 Å². The van der Waals surface area contributed by atoms with Crippen molar-refractivity contribution < 1.29 is 4.74 Å². The van der Waals surface area contributed by atoms with E-state index >= 15 is 0 Å². The summed E-state index contributed by atoms with van der Waals surface area (Å²) >= 11 is 0. The summed E-state index contributed by atoms with van der Waals surface area (Å²) < 4.78 is 5.75. The van der Waals surface area contributed by atoms with Gasteiger partial charge in [0.15, 0.2) is 0 Å². The molecule has 0 aliphatic heterocycles. The molecule has 100 valence electrons. The second-order valence-corrected chi connectivity index (χ2v) is 5.21. The Labute approximate surface area is 107 Å². The highest BCUT2D eigenvalue weighted by Gasteiger charge is 2.17. The number of hydrogen-bond donors (Lipinski definition) is 1. The van der Waals surface area contributed by atoms with Gasteiger partial charge in [-0.15, -0.1) is 0 Å². The van der Waals surface area contributed by atoms with E-state index in [0.717, 1.165) is 38.1 Å². The Kier molecular flexibility index (Phi) is 8.37. The van der Waals surface area contributed by atoms with Gasteiger partial charge in [-0.2, -0.15) is 0 Å². The molecule has 0 saturated carbocycles. The number of rotatable bonds is 9. The number of allylic oxidation sites excluding steroid dienone is 2. The van der Waals surface area contributed by atoms with Crippen LogP contribution in [0.5, 0.6) is 0 Å². The molecule has 2 heteroatoms. The van der Waals surface area contributed by atoms with Crippen molar-refractivity contribution in [3.8, 4) is 0 Å². The smallest absolute Gasteiger partial charge is 0.0591 e. The molecule has 0 fully saturated rings. The SMILES string of the molecule is CCCCCNCCOCC1CC=CCC1C. The van der Waals surface area contributed by atoms with Crippen LogP contribution in [0.15, 0.2) is 12.2 Å². The molecular formula is C15H29NO. The van der Waals surface area contributed by atoms with E-state index in [1.807, 2.05) is 0 Å². The minimum absolute atomic E-state index is 0.736. The maximum absolute atomic E-state index is 5.75. The van der Waals surface area contributed by atoms with Gasteiger partial charge < -0.3 is 10.1 Å². The summed E-state index contributed by atoms with van der Waals surface area (Å²) in [6.07, 6.45) is 11.0. The van der Waals surface area contributed by atoms with Gasteiger partial charge in [0.05, 0.1) is 13.2 Å². The van der Waals surface area contributed by atoms with E-state index in [1.165, 1.54) is 32.1 Å². The molecule has 1 aliphatic rings. The van der Waals surface area contributed by atoms with Gasteiger partial charge in [-0.3, -0.25) is 0 Å². The van der Waals surface area contributed by atoms with Crippen LogP contribution in [0, 0.1) is 11.8 Å². The Morgan fingerprint density at radius 3 is 2.76 bits per heavy atom. The van der Waals surface area contributed by atoms with Crippen molar-refractivity contribution in [2.75, 3.05) is 26.3 Å². The van der Waals surface area contributed by atoms with Crippen LogP contribution in [0.25, 0.3) is 0 Å². The fourth-order valence-corrected chi connectivity index (χ4v) is 2.24. The van der Waals surface area contributed by atoms with Crippen LogP contribution in [-0.2, 0) is 4.74 Å². The van der Waals surface area contributed by atoms with E-state index in [1.54, 1.807) is 0 Å². The molecule has 0 aromatic rings. The van der Waals surface area contributed by atoms with Gasteiger partial charge >= 0.3 is 0 Å². The number of hydrogen-bond acceptors (Lipinski definition) is 2. The topological polar surface area (TPSA) is 21.3 Å². The van der Waals surface area contributed by atoms with Crippen LogP contribution in [0.2, 0.25) is 0 Å². The van der Waals surface area contributed by atoms with Crippen molar-refractivity contribution in [1.82, 2.24) is 5.32 Å². The van der Waals surface area contributed by atoms with Crippen LogP contribution in [0.4, 0.5) is 0 Å². The zero-order valence-electron chi connectivity index (χ0n) is 11.6. The van der Waals surface area contributed by atoms with Crippen LogP contribution in [-0.4, -0.2) is 26.3 Å². The van der Waals surface area contributed by atoms with Crippen molar-refractivity contribution in [2.45, 2.75) is 46.0 Å². The molecular weight excluding hydrogens is 210 g/mol. The first-order valence-electron chi connectivity index (χ1n) is 7.28. The normalized spacial score (nSPS) is 24.1. The van der Waals surface area contributed by atoms with E-state index in [4.69, 9.17) is 4.74 Å². The monoisotopic (exact) mass is 239 g/mol. The predicted molar refractivity (Wildman–Crippen MR) is 74.2 cm³/mol. The third kappa shape index (κ3) is 6.85. The summed E-state index contributed by atoms with van der Waals surface area (Å²) in [5, 5.41) is 3.43. The lowest BCUT2D eigenvalue weighted by atomic mass is 9.85. The first-order chi connectivity index (χ1) is 8.34. The molecule has 0 spiro atoms. The molecule has 0 radical (unpaired) electrons. The fourth-order valence-electron chi connectivity index (χ4n) is 2.24. The van der Waals surface area contributed by atoms with E-state index in [0.29, 0.717) is 0 Å². The highest BCUT2D eigenvalue weighted by molar-refractivity contribution is 4.93. The Morgan fingerprint density at radius 1 is 1.18 bits per heavy atom. The molecule has 1 rings (SSSR count). The molecule has 2 unspecified atom stereocenters. The third-order valence-corrected chi connectivity index (χ3v) is 3.63. The van der Waals surface area contributed by atoms with Crippen LogP contribution in [0.3, 0.4) is 0 Å². The average Bonchev–Trinajstić information content (AvgIpc) is 2.35. The van der Waals surface area contributed by atoms with Crippen LogP contribution >= 0.6 is 0 Å². The summed E-state index contributed by atoms with van der Waals surface area (Å²) in [5.41, 5.74) is 0. The summed E-state index contributed by atoms with van der Waals surface area (Å²) in [6.45, 7) is 8.51. The Morgan fingerprint density at radius 2 is 2.00 bits per heavy atom. The van der Waals surface area contributed by atoms with E-state index in [-0.39, 0.29) is 0 Å². The zero-order valence-corrected chi connectivity index (χ0v) is 11.6. The lowest BCUT2D eigenvalue weighted by Crippen LogP contribution is -2.24. The summed E-state index contributed by atoms with van der Waals surface area (Å²) in [4.78, 5) is 0. The second kappa shape index (κ2) is 9.67. The largest absolute Gasteiger partial charge is 0.380 e. The standard InChI is InChI=1S/C15H29NO/c1-3-4-7-10-16-11-12-17-13-15-9-6-5-8-14(15)2/h5-6,14-16H,3-4,7-13H2,1-2H3. The minimum Gasteiger partial charge on any atom is -0.380 e. The van der Waals surface area contributed by atoms with Gasteiger partial charge in [-0.05, 0) is 37.6 Å². The fraction of sp³-hybridized carbons (Fsp3) is 0.867. The van der Waals surface area contributed by atoms with Crippen molar-refractivity contribution in [2.24, 2.45) is 11.8 Å². The van der Waals surface area contributed by atoms with Gasteiger partial charge in [-0.25, -0.2) is 0 Å². The number of unbranched alkanes of at least 4 members (excludes halogenated alkanes) is 2. The molecule has 2 atom stereocenters. The summed E-state index contributed by atoms with van der Waals surface area (Å²) in [7, 11) is 0. The Balaban J connectivity index is 1.88. The Bertz CT molecular complexity index is 203. The molecule has 0 amide bonds.